The monoisotopic (exact) mass is 295 g/mol. The first-order chi connectivity index (χ1) is 10.3. The summed E-state index contributed by atoms with van der Waals surface area (Å²) in [6.07, 6.45) is 0. The molecule has 1 aliphatic rings. The van der Waals surface area contributed by atoms with Gasteiger partial charge in [-0.05, 0) is 51.8 Å². The molecule has 1 atom stereocenters. The van der Waals surface area contributed by atoms with E-state index in [9.17, 15) is 4.79 Å². The average Bonchev–Trinajstić information content (AvgIpc) is 2.62. The SMILES string of the molecule is Cc1cc(C)c(N2C(=O)C(C)c3c(N)cc(C)nc32)c(C)c1. The van der Waals surface area contributed by atoms with Crippen molar-refractivity contribution in [3.63, 3.8) is 0 Å². The van der Waals surface area contributed by atoms with Gasteiger partial charge >= 0.3 is 0 Å². The van der Waals surface area contributed by atoms with Gasteiger partial charge in [0.2, 0.25) is 5.91 Å². The zero-order chi connectivity index (χ0) is 16.2. The predicted octanol–water partition coefficient (Wildman–Crippen LogP) is 3.68. The molecule has 2 N–H and O–H groups in total. The van der Waals surface area contributed by atoms with Crippen molar-refractivity contribution in [1.29, 1.82) is 0 Å². The summed E-state index contributed by atoms with van der Waals surface area (Å²) < 4.78 is 0. The van der Waals surface area contributed by atoms with Gasteiger partial charge in [-0.15, -0.1) is 0 Å². The van der Waals surface area contributed by atoms with Gasteiger partial charge in [0.15, 0.2) is 0 Å². The normalized spacial score (nSPS) is 17.0. The van der Waals surface area contributed by atoms with Crippen molar-refractivity contribution < 1.29 is 4.79 Å². The van der Waals surface area contributed by atoms with Crippen LogP contribution in [0.5, 0.6) is 0 Å². The quantitative estimate of drug-likeness (QED) is 0.873. The Morgan fingerprint density at radius 2 is 1.68 bits per heavy atom. The molecule has 0 fully saturated rings. The van der Waals surface area contributed by atoms with E-state index in [0.29, 0.717) is 11.5 Å². The van der Waals surface area contributed by atoms with E-state index >= 15 is 0 Å². The summed E-state index contributed by atoms with van der Waals surface area (Å²) in [7, 11) is 0. The minimum Gasteiger partial charge on any atom is -0.398 e. The molecule has 2 aromatic rings. The number of pyridine rings is 1. The topological polar surface area (TPSA) is 59.2 Å². The maximum absolute atomic E-state index is 12.8. The van der Waals surface area contributed by atoms with E-state index in [4.69, 9.17) is 5.73 Å². The minimum absolute atomic E-state index is 0.0369. The van der Waals surface area contributed by atoms with Gasteiger partial charge in [0.1, 0.15) is 5.82 Å². The fraction of sp³-hybridized carbons (Fsp3) is 0.333. The average molecular weight is 295 g/mol. The summed E-state index contributed by atoms with van der Waals surface area (Å²) in [6.45, 7) is 9.92. The number of anilines is 3. The van der Waals surface area contributed by atoms with Crippen LogP contribution in [0.15, 0.2) is 18.2 Å². The van der Waals surface area contributed by atoms with Crippen molar-refractivity contribution in [3.8, 4) is 0 Å². The Kier molecular flexibility index (Phi) is 3.20. The van der Waals surface area contributed by atoms with Crippen LogP contribution in [0, 0.1) is 27.7 Å². The third-order valence-electron chi connectivity index (χ3n) is 4.29. The fourth-order valence-electron chi connectivity index (χ4n) is 3.47. The number of amides is 1. The summed E-state index contributed by atoms with van der Waals surface area (Å²) in [6, 6.07) is 6.02. The highest BCUT2D eigenvalue weighted by molar-refractivity contribution is 6.11. The van der Waals surface area contributed by atoms with Gasteiger partial charge in [-0.2, -0.15) is 0 Å². The van der Waals surface area contributed by atoms with Crippen molar-refractivity contribution in [1.82, 2.24) is 4.98 Å². The number of hydrogen-bond donors (Lipinski definition) is 1. The second kappa shape index (κ2) is 4.83. The summed E-state index contributed by atoms with van der Waals surface area (Å²) in [5.41, 5.74) is 12.7. The molecule has 1 aliphatic heterocycles. The molecule has 2 heterocycles. The van der Waals surface area contributed by atoms with Gasteiger partial charge < -0.3 is 5.73 Å². The maximum Gasteiger partial charge on any atom is 0.240 e. The standard InChI is InChI=1S/C18H21N3O/c1-9-6-10(2)16(11(3)7-9)21-17-15(13(5)18(21)22)14(19)8-12(4)20-17/h6-8,13H,1-5H3,(H2,19,20). The van der Waals surface area contributed by atoms with Crippen LogP contribution in [0.4, 0.5) is 17.2 Å². The molecule has 1 aromatic heterocycles. The van der Waals surface area contributed by atoms with Crippen LogP contribution in [0.1, 0.15) is 40.8 Å². The molecule has 114 valence electrons. The first kappa shape index (κ1) is 14.6. The summed E-state index contributed by atoms with van der Waals surface area (Å²) >= 11 is 0. The van der Waals surface area contributed by atoms with Crippen LogP contribution in [0.25, 0.3) is 0 Å². The number of rotatable bonds is 1. The molecule has 0 aliphatic carbocycles. The number of carbonyl (C=O) groups is 1. The second-order valence-corrected chi connectivity index (χ2v) is 6.23. The Bertz CT molecular complexity index is 772. The highest BCUT2D eigenvalue weighted by Crippen LogP contribution is 2.45. The molecule has 3 rings (SSSR count). The molecule has 4 nitrogen and oxygen atoms in total. The van der Waals surface area contributed by atoms with Crippen molar-refractivity contribution in [2.24, 2.45) is 0 Å². The Labute approximate surface area is 131 Å². The Morgan fingerprint density at radius 1 is 1.09 bits per heavy atom. The number of fused-ring (bicyclic) bond motifs is 1. The van der Waals surface area contributed by atoms with Gasteiger partial charge in [-0.1, -0.05) is 17.7 Å². The van der Waals surface area contributed by atoms with Crippen molar-refractivity contribution in [2.45, 2.75) is 40.5 Å². The number of carbonyl (C=O) groups excluding carboxylic acids is 1. The first-order valence-corrected chi connectivity index (χ1v) is 7.50. The molecule has 0 bridgehead atoms. The molecule has 22 heavy (non-hydrogen) atoms. The number of nitrogen functional groups attached to an aromatic ring is 1. The molecule has 4 heteroatoms. The van der Waals surface area contributed by atoms with Crippen LogP contribution in [0.2, 0.25) is 0 Å². The summed E-state index contributed by atoms with van der Waals surface area (Å²) in [5.74, 6) is 0.461. The van der Waals surface area contributed by atoms with E-state index in [1.807, 2.05) is 33.8 Å². The highest BCUT2D eigenvalue weighted by Gasteiger charge is 2.39. The van der Waals surface area contributed by atoms with Crippen LogP contribution in [0.3, 0.4) is 0 Å². The van der Waals surface area contributed by atoms with Crippen molar-refractivity contribution in [2.75, 3.05) is 10.6 Å². The number of hydrogen-bond acceptors (Lipinski definition) is 3. The zero-order valence-corrected chi connectivity index (χ0v) is 13.7. The maximum atomic E-state index is 12.8. The van der Waals surface area contributed by atoms with E-state index in [2.05, 4.69) is 24.0 Å². The van der Waals surface area contributed by atoms with Crippen LogP contribution in [-0.4, -0.2) is 10.9 Å². The lowest BCUT2D eigenvalue weighted by Crippen LogP contribution is -2.25. The minimum atomic E-state index is -0.261. The van der Waals surface area contributed by atoms with Gasteiger partial charge in [0.25, 0.3) is 0 Å². The lowest BCUT2D eigenvalue weighted by atomic mass is 10.0. The Hall–Kier alpha value is -2.36. The molecule has 0 spiro atoms. The highest BCUT2D eigenvalue weighted by atomic mass is 16.2. The van der Waals surface area contributed by atoms with Gasteiger partial charge in [-0.3, -0.25) is 9.69 Å². The van der Waals surface area contributed by atoms with E-state index in [1.165, 1.54) is 5.56 Å². The van der Waals surface area contributed by atoms with Crippen LogP contribution < -0.4 is 10.6 Å². The third-order valence-corrected chi connectivity index (χ3v) is 4.29. The number of nitrogens with zero attached hydrogens (tertiary/aromatic N) is 2. The van der Waals surface area contributed by atoms with Crippen molar-refractivity contribution in [3.05, 3.63) is 46.1 Å². The molecule has 0 saturated carbocycles. The van der Waals surface area contributed by atoms with E-state index in [-0.39, 0.29) is 11.8 Å². The van der Waals surface area contributed by atoms with Crippen molar-refractivity contribution >= 4 is 23.1 Å². The first-order valence-electron chi connectivity index (χ1n) is 7.50. The molecular formula is C18H21N3O. The summed E-state index contributed by atoms with van der Waals surface area (Å²) in [5, 5.41) is 0. The molecule has 1 unspecified atom stereocenters. The third kappa shape index (κ3) is 1.98. The zero-order valence-electron chi connectivity index (χ0n) is 13.7. The number of nitrogens with two attached hydrogens (primary N) is 1. The Balaban J connectivity index is 2.29. The number of aromatic nitrogens is 1. The predicted molar refractivity (Wildman–Crippen MR) is 89.6 cm³/mol. The van der Waals surface area contributed by atoms with Crippen LogP contribution >= 0.6 is 0 Å². The van der Waals surface area contributed by atoms with Gasteiger partial charge in [-0.25, -0.2) is 4.98 Å². The smallest absolute Gasteiger partial charge is 0.240 e. The van der Waals surface area contributed by atoms with Crippen LogP contribution in [-0.2, 0) is 4.79 Å². The Morgan fingerprint density at radius 3 is 2.27 bits per heavy atom. The molecule has 0 saturated heterocycles. The largest absolute Gasteiger partial charge is 0.398 e. The molecule has 0 radical (unpaired) electrons. The molecular weight excluding hydrogens is 274 g/mol. The number of benzene rings is 1. The lowest BCUT2D eigenvalue weighted by molar-refractivity contribution is -0.118. The number of aryl methyl sites for hydroxylation is 4. The fourth-order valence-corrected chi connectivity index (χ4v) is 3.47. The second-order valence-electron chi connectivity index (χ2n) is 6.23. The molecule has 1 aromatic carbocycles. The van der Waals surface area contributed by atoms with Gasteiger partial charge in [0.05, 0.1) is 11.6 Å². The van der Waals surface area contributed by atoms with E-state index < -0.39 is 0 Å². The van der Waals surface area contributed by atoms with Gasteiger partial charge in [0, 0.05) is 16.9 Å². The summed E-state index contributed by atoms with van der Waals surface area (Å²) in [4.78, 5) is 19.2. The molecule has 1 amide bonds. The van der Waals surface area contributed by atoms with E-state index in [1.54, 1.807) is 4.90 Å². The lowest BCUT2D eigenvalue weighted by Gasteiger charge is -2.22. The van der Waals surface area contributed by atoms with E-state index in [0.717, 1.165) is 28.1 Å².